The molecule has 0 saturated carbocycles. The fourth-order valence-electron chi connectivity index (χ4n) is 4.27. The molecule has 0 bridgehead atoms. The molecule has 3 heterocycles. The summed E-state index contributed by atoms with van der Waals surface area (Å²) in [5.41, 5.74) is 0.903. The Bertz CT molecular complexity index is 1070. The lowest BCUT2D eigenvalue weighted by molar-refractivity contribution is 0.0122. The molecule has 2 amide bonds. The molecule has 4 rings (SSSR count). The molecule has 2 aromatic rings. The molecule has 0 N–H and O–H groups in total. The Balaban J connectivity index is 1.39. The van der Waals surface area contributed by atoms with Crippen molar-refractivity contribution in [2.75, 3.05) is 26.7 Å². The zero-order valence-electron chi connectivity index (χ0n) is 21.7. The molecule has 1 saturated heterocycles. The Hall–Kier alpha value is -3.49. The van der Waals surface area contributed by atoms with E-state index < -0.39 is 5.60 Å². The van der Waals surface area contributed by atoms with Gasteiger partial charge in [-0.25, -0.2) is 4.79 Å². The summed E-state index contributed by atoms with van der Waals surface area (Å²) in [6, 6.07) is 11.1. The number of amides is 2. The van der Waals surface area contributed by atoms with Crippen LogP contribution in [0.15, 0.2) is 36.4 Å². The van der Waals surface area contributed by atoms with Gasteiger partial charge in [0, 0.05) is 38.5 Å². The van der Waals surface area contributed by atoms with Crippen LogP contribution in [-0.4, -0.2) is 71.3 Å². The number of ether oxygens (including phenoxy) is 4. The maximum absolute atomic E-state index is 13.3. The van der Waals surface area contributed by atoms with Crippen LogP contribution >= 0.6 is 0 Å². The second kappa shape index (κ2) is 10.6. The van der Waals surface area contributed by atoms with Crippen molar-refractivity contribution >= 4 is 12.0 Å². The molecule has 1 aromatic heterocycles. The fraction of sp³-hybridized carbons (Fsp3) is 0.519. The van der Waals surface area contributed by atoms with Crippen LogP contribution in [0, 0.1) is 0 Å². The van der Waals surface area contributed by atoms with Gasteiger partial charge >= 0.3 is 6.09 Å². The second-order valence-corrected chi connectivity index (χ2v) is 10.2. The van der Waals surface area contributed by atoms with Gasteiger partial charge in [-0.3, -0.25) is 4.79 Å². The predicted molar refractivity (Wildman–Crippen MR) is 134 cm³/mol. The number of methoxy groups -OCH3 is 1. The Morgan fingerprint density at radius 1 is 1.11 bits per heavy atom. The summed E-state index contributed by atoms with van der Waals surface area (Å²) in [5, 5.41) is 0. The summed E-state index contributed by atoms with van der Waals surface area (Å²) in [5.74, 6) is 1.34. The van der Waals surface area contributed by atoms with Crippen molar-refractivity contribution in [1.82, 2.24) is 14.8 Å². The SMILES string of the molecule is COc1ccc(CN2CC(C)Oc3nc(OC4CCN(C(=O)OC(C)(C)C)CC4)ccc3C2=O)cc1. The third-order valence-corrected chi connectivity index (χ3v) is 6.06. The largest absolute Gasteiger partial charge is 0.497 e. The first-order valence-corrected chi connectivity index (χ1v) is 12.4. The van der Waals surface area contributed by atoms with Gasteiger partial charge in [-0.1, -0.05) is 12.1 Å². The number of carbonyl (C=O) groups excluding carboxylic acids is 2. The van der Waals surface area contributed by atoms with Gasteiger partial charge in [-0.2, -0.15) is 4.98 Å². The number of likely N-dealkylation sites (tertiary alicyclic amines) is 1. The molecule has 0 spiro atoms. The van der Waals surface area contributed by atoms with Crippen molar-refractivity contribution in [3.8, 4) is 17.5 Å². The smallest absolute Gasteiger partial charge is 0.410 e. The summed E-state index contributed by atoms with van der Waals surface area (Å²) in [6.45, 7) is 9.51. The van der Waals surface area contributed by atoms with E-state index in [0.717, 1.165) is 11.3 Å². The van der Waals surface area contributed by atoms with E-state index in [2.05, 4.69) is 4.98 Å². The molecule has 1 aromatic carbocycles. The summed E-state index contributed by atoms with van der Waals surface area (Å²) in [7, 11) is 1.63. The molecule has 1 unspecified atom stereocenters. The minimum Gasteiger partial charge on any atom is -0.497 e. The normalized spacial score (nSPS) is 18.7. The average molecular weight is 498 g/mol. The fourth-order valence-corrected chi connectivity index (χ4v) is 4.27. The van der Waals surface area contributed by atoms with Crippen molar-refractivity contribution in [3.63, 3.8) is 0 Å². The van der Waals surface area contributed by atoms with Crippen LogP contribution in [0.4, 0.5) is 4.79 Å². The van der Waals surface area contributed by atoms with E-state index >= 15 is 0 Å². The molecule has 0 aliphatic carbocycles. The predicted octanol–water partition coefficient (Wildman–Crippen LogP) is 4.29. The van der Waals surface area contributed by atoms with E-state index in [0.29, 0.717) is 50.5 Å². The topological polar surface area (TPSA) is 90.4 Å². The quantitative estimate of drug-likeness (QED) is 0.609. The third kappa shape index (κ3) is 6.38. The minimum atomic E-state index is -0.519. The Morgan fingerprint density at radius 3 is 2.44 bits per heavy atom. The highest BCUT2D eigenvalue weighted by Gasteiger charge is 2.30. The molecule has 9 nitrogen and oxygen atoms in total. The Morgan fingerprint density at radius 2 is 1.81 bits per heavy atom. The number of fused-ring (bicyclic) bond motifs is 1. The highest BCUT2D eigenvalue weighted by atomic mass is 16.6. The summed E-state index contributed by atoms with van der Waals surface area (Å²) >= 11 is 0. The van der Waals surface area contributed by atoms with Gasteiger partial charge in [0.2, 0.25) is 11.8 Å². The highest BCUT2D eigenvalue weighted by Crippen LogP contribution is 2.28. The molecule has 1 atom stereocenters. The van der Waals surface area contributed by atoms with E-state index in [1.807, 2.05) is 52.0 Å². The average Bonchev–Trinajstić information content (AvgIpc) is 2.94. The van der Waals surface area contributed by atoms with E-state index in [9.17, 15) is 9.59 Å². The van der Waals surface area contributed by atoms with Gasteiger partial charge in [-0.05, 0) is 51.5 Å². The van der Waals surface area contributed by atoms with E-state index in [-0.39, 0.29) is 30.1 Å². The molecule has 9 heteroatoms. The van der Waals surface area contributed by atoms with Gasteiger partial charge in [0.1, 0.15) is 29.1 Å². The van der Waals surface area contributed by atoms with Crippen molar-refractivity contribution in [2.45, 2.75) is 64.9 Å². The van der Waals surface area contributed by atoms with Crippen molar-refractivity contribution < 1.29 is 28.5 Å². The van der Waals surface area contributed by atoms with Crippen LogP contribution in [-0.2, 0) is 11.3 Å². The Labute approximate surface area is 212 Å². The number of pyridine rings is 1. The van der Waals surface area contributed by atoms with E-state index in [4.69, 9.17) is 18.9 Å². The van der Waals surface area contributed by atoms with Gasteiger partial charge in [0.15, 0.2) is 0 Å². The molecule has 0 radical (unpaired) electrons. The zero-order valence-corrected chi connectivity index (χ0v) is 21.7. The number of hydrogen-bond acceptors (Lipinski definition) is 7. The lowest BCUT2D eigenvalue weighted by atomic mass is 10.1. The van der Waals surface area contributed by atoms with Crippen molar-refractivity contribution in [1.29, 1.82) is 0 Å². The van der Waals surface area contributed by atoms with Gasteiger partial charge in [0.05, 0.1) is 13.7 Å². The summed E-state index contributed by atoms with van der Waals surface area (Å²) < 4.78 is 22.8. The number of piperidine rings is 1. The summed E-state index contributed by atoms with van der Waals surface area (Å²) in [6.07, 6.45) is 0.727. The van der Waals surface area contributed by atoms with Crippen LogP contribution in [0.1, 0.15) is 56.5 Å². The molecule has 1 fully saturated rings. The van der Waals surface area contributed by atoms with E-state index in [1.54, 1.807) is 29.0 Å². The van der Waals surface area contributed by atoms with Gasteiger partial charge < -0.3 is 28.7 Å². The van der Waals surface area contributed by atoms with Crippen LogP contribution in [0.2, 0.25) is 0 Å². The molecular weight excluding hydrogens is 462 g/mol. The highest BCUT2D eigenvalue weighted by molar-refractivity contribution is 5.96. The van der Waals surface area contributed by atoms with Crippen LogP contribution in [0.3, 0.4) is 0 Å². The summed E-state index contributed by atoms with van der Waals surface area (Å²) in [4.78, 5) is 33.6. The number of nitrogens with zero attached hydrogens (tertiary/aromatic N) is 3. The van der Waals surface area contributed by atoms with Crippen LogP contribution in [0.5, 0.6) is 17.5 Å². The monoisotopic (exact) mass is 497 g/mol. The first kappa shape index (κ1) is 25.6. The first-order valence-electron chi connectivity index (χ1n) is 12.4. The van der Waals surface area contributed by atoms with E-state index in [1.165, 1.54) is 0 Å². The molecular formula is C27H35N3O6. The number of hydrogen-bond donors (Lipinski definition) is 0. The number of benzene rings is 1. The standard InChI is InChI=1S/C27H35N3O6/c1-18-16-30(17-19-6-8-20(33-5)9-7-19)25(31)22-10-11-23(28-24(22)34-18)35-21-12-14-29(15-13-21)26(32)36-27(2,3)4/h6-11,18,21H,12-17H2,1-5H3. The molecule has 194 valence electrons. The molecule has 2 aliphatic rings. The lowest BCUT2D eigenvalue weighted by Crippen LogP contribution is -2.44. The third-order valence-electron chi connectivity index (χ3n) is 6.06. The Kier molecular flexibility index (Phi) is 7.56. The van der Waals surface area contributed by atoms with Crippen LogP contribution < -0.4 is 14.2 Å². The van der Waals surface area contributed by atoms with Crippen molar-refractivity contribution in [2.24, 2.45) is 0 Å². The number of aromatic nitrogens is 1. The minimum absolute atomic E-state index is 0.0836. The number of carbonyl (C=O) groups is 2. The maximum atomic E-state index is 13.3. The molecule has 2 aliphatic heterocycles. The molecule has 36 heavy (non-hydrogen) atoms. The second-order valence-electron chi connectivity index (χ2n) is 10.2. The van der Waals surface area contributed by atoms with Gasteiger partial charge in [-0.15, -0.1) is 0 Å². The first-order chi connectivity index (χ1) is 17.1. The lowest BCUT2D eigenvalue weighted by Gasteiger charge is -2.33. The van der Waals surface area contributed by atoms with Crippen molar-refractivity contribution in [3.05, 3.63) is 47.5 Å². The number of rotatable bonds is 5. The van der Waals surface area contributed by atoms with Crippen LogP contribution in [0.25, 0.3) is 0 Å². The van der Waals surface area contributed by atoms with Gasteiger partial charge in [0.25, 0.3) is 5.91 Å². The zero-order chi connectivity index (χ0) is 25.9. The maximum Gasteiger partial charge on any atom is 0.410 e.